The van der Waals surface area contributed by atoms with Gasteiger partial charge in [-0.2, -0.15) is 0 Å². The highest BCUT2D eigenvalue weighted by atomic mass is 35.5. The maximum atomic E-state index is 14.7. The molecule has 1 aliphatic rings. The van der Waals surface area contributed by atoms with E-state index >= 15 is 0 Å². The van der Waals surface area contributed by atoms with Gasteiger partial charge in [0, 0.05) is 11.5 Å². The maximum absolute atomic E-state index is 14.7. The van der Waals surface area contributed by atoms with Crippen molar-refractivity contribution >= 4 is 18.3 Å². The predicted molar refractivity (Wildman–Crippen MR) is 105 cm³/mol. The zero-order chi connectivity index (χ0) is 19.5. The molecule has 8 nitrogen and oxygen atoms in total. The minimum absolute atomic E-state index is 0. The largest absolute Gasteiger partial charge is 0.467 e. The molecule has 2 N–H and O–H groups in total. The molecule has 1 aromatic carbocycles. The van der Waals surface area contributed by atoms with Gasteiger partial charge in [0.15, 0.2) is 5.82 Å². The third kappa shape index (κ3) is 4.46. The van der Waals surface area contributed by atoms with Crippen molar-refractivity contribution in [3.63, 3.8) is 0 Å². The first kappa shape index (κ1) is 20.9. The fourth-order valence-electron chi connectivity index (χ4n) is 3.71. The van der Waals surface area contributed by atoms with Crippen LogP contribution in [-0.2, 0) is 11.3 Å². The molecule has 154 valence electrons. The van der Waals surface area contributed by atoms with Crippen molar-refractivity contribution in [3.8, 4) is 0 Å². The number of carbonyl (C=O) groups excluding carboxylic acids is 1. The van der Waals surface area contributed by atoms with Crippen molar-refractivity contribution in [2.24, 2.45) is 11.7 Å². The number of halogens is 2. The second-order valence-electron chi connectivity index (χ2n) is 6.91. The summed E-state index contributed by atoms with van der Waals surface area (Å²) in [6.45, 7) is 1.54. The van der Waals surface area contributed by atoms with Gasteiger partial charge >= 0.3 is 0 Å². The minimum atomic E-state index is -0.472. The Morgan fingerprint density at radius 1 is 1.24 bits per heavy atom. The fraction of sp³-hybridized carbons (Fsp3) is 0.368. The molecule has 0 bridgehead atoms. The van der Waals surface area contributed by atoms with E-state index in [1.54, 1.807) is 35.2 Å². The number of benzene rings is 1. The quantitative estimate of drug-likeness (QED) is 0.655. The van der Waals surface area contributed by atoms with Gasteiger partial charge in [-0.1, -0.05) is 18.2 Å². The van der Waals surface area contributed by atoms with Crippen LogP contribution in [0.5, 0.6) is 0 Å². The maximum Gasteiger partial charge on any atom is 0.220 e. The molecule has 1 saturated heterocycles. The Morgan fingerprint density at radius 2 is 2.00 bits per heavy atom. The van der Waals surface area contributed by atoms with Gasteiger partial charge in [-0.3, -0.25) is 9.69 Å². The lowest BCUT2D eigenvalue weighted by Crippen LogP contribution is -2.41. The number of likely N-dealkylation sites (tertiary alicyclic amines) is 1. The second-order valence-corrected chi connectivity index (χ2v) is 6.91. The number of amides is 1. The van der Waals surface area contributed by atoms with Crippen molar-refractivity contribution < 1.29 is 13.6 Å². The molecule has 10 heteroatoms. The van der Waals surface area contributed by atoms with Crippen LogP contribution in [0.2, 0.25) is 0 Å². The standard InChI is InChI=1S/C19H21FN6O2.ClH/c20-16-6-2-1-5-15(16)17(25-9-7-13(8-10-25)18(21)27)19-22-23-24-26(19)12-14-4-3-11-28-14;/h1-6,11,13,17H,7-10,12H2,(H2,21,27);1H. The van der Waals surface area contributed by atoms with Gasteiger partial charge in [-0.05, 0) is 54.6 Å². The summed E-state index contributed by atoms with van der Waals surface area (Å²) in [5, 5.41) is 12.1. The topological polar surface area (TPSA) is 103 Å². The van der Waals surface area contributed by atoms with Gasteiger partial charge in [-0.25, -0.2) is 9.07 Å². The van der Waals surface area contributed by atoms with Crippen molar-refractivity contribution in [2.45, 2.75) is 25.4 Å². The smallest absolute Gasteiger partial charge is 0.220 e. The number of hydrogen-bond donors (Lipinski definition) is 1. The molecule has 4 rings (SSSR count). The first-order valence-corrected chi connectivity index (χ1v) is 9.19. The first-order chi connectivity index (χ1) is 13.6. The van der Waals surface area contributed by atoms with Crippen LogP contribution >= 0.6 is 12.4 Å². The molecule has 1 unspecified atom stereocenters. The van der Waals surface area contributed by atoms with Crippen LogP contribution in [0.25, 0.3) is 0 Å². The summed E-state index contributed by atoms with van der Waals surface area (Å²) in [5.41, 5.74) is 5.95. The van der Waals surface area contributed by atoms with Crippen LogP contribution in [0.1, 0.15) is 36.0 Å². The minimum Gasteiger partial charge on any atom is -0.467 e. The van der Waals surface area contributed by atoms with Gasteiger partial charge < -0.3 is 10.2 Å². The normalized spacial score (nSPS) is 16.3. The highest BCUT2D eigenvalue weighted by molar-refractivity contribution is 5.85. The lowest BCUT2D eigenvalue weighted by molar-refractivity contribution is -0.123. The van der Waals surface area contributed by atoms with E-state index in [9.17, 15) is 9.18 Å². The summed E-state index contributed by atoms with van der Waals surface area (Å²) < 4.78 is 21.7. The van der Waals surface area contributed by atoms with E-state index in [2.05, 4.69) is 20.4 Å². The number of piperidine rings is 1. The Labute approximate surface area is 173 Å². The number of rotatable bonds is 6. The summed E-state index contributed by atoms with van der Waals surface area (Å²) in [5.74, 6) is 0.464. The summed E-state index contributed by atoms with van der Waals surface area (Å²) >= 11 is 0. The van der Waals surface area contributed by atoms with Crippen LogP contribution in [0.15, 0.2) is 47.1 Å². The van der Waals surface area contributed by atoms with Crippen LogP contribution in [0.4, 0.5) is 4.39 Å². The van der Waals surface area contributed by atoms with Crippen molar-refractivity contribution in [1.29, 1.82) is 0 Å². The molecule has 0 spiro atoms. The van der Waals surface area contributed by atoms with Crippen molar-refractivity contribution in [1.82, 2.24) is 25.1 Å². The molecule has 3 aromatic rings. The molecular weight excluding hydrogens is 399 g/mol. The van der Waals surface area contributed by atoms with E-state index < -0.39 is 6.04 Å². The zero-order valence-corrected chi connectivity index (χ0v) is 16.5. The summed E-state index contributed by atoms with van der Waals surface area (Å²) in [6.07, 6.45) is 2.84. The van der Waals surface area contributed by atoms with E-state index in [4.69, 9.17) is 10.2 Å². The predicted octanol–water partition coefficient (Wildman–Crippen LogP) is 2.16. The SMILES string of the molecule is Cl.NC(=O)C1CCN(C(c2ccccc2F)c2nnnn2Cc2ccco2)CC1. The fourth-order valence-corrected chi connectivity index (χ4v) is 3.71. The number of hydrogen-bond acceptors (Lipinski definition) is 6. The zero-order valence-electron chi connectivity index (χ0n) is 15.6. The van der Waals surface area contributed by atoms with Crippen molar-refractivity contribution in [2.75, 3.05) is 13.1 Å². The second kappa shape index (κ2) is 9.15. The average molecular weight is 421 g/mol. The number of aromatic nitrogens is 4. The van der Waals surface area contributed by atoms with Crippen molar-refractivity contribution in [3.05, 3.63) is 65.6 Å². The number of tetrazole rings is 1. The number of primary amides is 1. The molecule has 0 radical (unpaired) electrons. The number of nitrogens with two attached hydrogens (primary N) is 1. The Balaban J connectivity index is 0.00000240. The highest BCUT2D eigenvalue weighted by Gasteiger charge is 2.34. The molecule has 3 heterocycles. The monoisotopic (exact) mass is 420 g/mol. The van der Waals surface area contributed by atoms with Gasteiger partial charge in [0.2, 0.25) is 5.91 Å². The lowest BCUT2D eigenvalue weighted by Gasteiger charge is -2.36. The molecule has 1 amide bonds. The Morgan fingerprint density at radius 3 is 2.66 bits per heavy atom. The number of nitrogens with zero attached hydrogens (tertiary/aromatic N) is 5. The lowest BCUT2D eigenvalue weighted by atomic mass is 9.93. The van der Waals surface area contributed by atoms with Gasteiger partial charge in [0.1, 0.15) is 24.2 Å². The summed E-state index contributed by atoms with van der Waals surface area (Å²) in [4.78, 5) is 13.6. The number of carbonyl (C=O) groups is 1. The van der Waals surface area contributed by atoms with E-state index in [-0.39, 0.29) is 30.0 Å². The first-order valence-electron chi connectivity index (χ1n) is 9.19. The van der Waals surface area contributed by atoms with E-state index in [0.717, 1.165) is 0 Å². The molecule has 29 heavy (non-hydrogen) atoms. The van der Waals surface area contributed by atoms with Crippen LogP contribution in [0.3, 0.4) is 0 Å². The molecule has 1 atom stereocenters. The Kier molecular flexibility index (Phi) is 6.60. The molecule has 1 fully saturated rings. The van der Waals surface area contributed by atoms with E-state index in [1.165, 1.54) is 6.07 Å². The van der Waals surface area contributed by atoms with Crippen LogP contribution in [-0.4, -0.2) is 44.1 Å². The van der Waals surface area contributed by atoms with E-state index in [0.29, 0.717) is 49.6 Å². The van der Waals surface area contributed by atoms with Gasteiger partial charge in [0.05, 0.1) is 6.26 Å². The molecule has 0 saturated carbocycles. The summed E-state index contributed by atoms with van der Waals surface area (Å²) in [6, 6.07) is 9.78. The third-order valence-corrected chi connectivity index (χ3v) is 5.19. The molecule has 1 aliphatic heterocycles. The Bertz CT molecular complexity index is 940. The highest BCUT2D eigenvalue weighted by Crippen LogP contribution is 2.32. The average Bonchev–Trinajstić information content (AvgIpc) is 3.37. The van der Waals surface area contributed by atoms with Gasteiger partial charge in [-0.15, -0.1) is 17.5 Å². The molecular formula is C19H22ClFN6O2. The number of furan rings is 1. The molecule has 0 aliphatic carbocycles. The summed E-state index contributed by atoms with van der Waals surface area (Å²) in [7, 11) is 0. The van der Waals surface area contributed by atoms with Gasteiger partial charge in [0.25, 0.3) is 0 Å². The van der Waals surface area contributed by atoms with Crippen LogP contribution < -0.4 is 5.73 Å². The molecule has 2 aromatic heterocycles. The van der Waals surface area contributed by atoms with E-state index in [1.807, 2.05) is 6.07 Å². The third-order valence-electron chi connectivity index (χ3n) is 5.19. The van der Waals surface area contributed by atoms with Crippen LogP contribution in [0, 0.1) is 11.7 Å². The Hall–Kier alpha value is -2.78.